The second-order valence-electron chi connectivity index (χ2n) is 15.5. The van der Waals surface area contributed by atoms with Crippen LogP contribution in [0.2, 0.25) is 0 Å². The molecule has 0 spiro atoms. The van der Waals surface area contributed by atoms with Crippen molar-refractivity contribution in [1.82, 2.24) is 10.6 Å². The number of nitrogens with one attached hydrogen (secondary N) is 2. The lowest BCUT2D eigenvalue weighted by molar-refractivity contribution is -0.395. The van der Waals surface area contributed by atoms with Crippen molar-refractivity contribution >= 4 is 11.8 Å². The standard InChI is InChI=1S/C34H59N3O25/c1-8(43)36-15-20(48)26(13(6-41)54-30(15)35)59-31-16(37-9(2)44)21(49)27(14(7-42)58-31)60-33-25(53)28(19(47)12(5-40)56-33)61-34-29(23(51)18(46)11(4-39)57-34)62-32-24(52)22(50)17(45)10(3-38)55-32/h10-34,38-42,45-53H,3-7,35H2,1-2H3,(H,36,43)(H,37,44)/t10-,11-,12-,13-,14-,15-,16-,17-,18-,19-,20-,21-,22+,23+,24+,25+,26-,27-,28+,29+,30-,31+,32-,33+,34-/m1/s1. The molecule has 0 aromatic rings. The molecule has 360 valence electrons. The summed E-state index contributed by atoms with van der Waals surface area (Å²) in [4.78, 5) is 24.2. The second kappa shape index (κ2) is 22.0. The summed E-state index contributed by atoms with van der Waals surface area (Å²) in [6.07, 6.45) is -41.6. The molecule has 62 heavy (non-hydrogen) atoms. The van der Waals surface area contributed by atoms with Crippen molar-refractivity contribution in [2.24, 2.45) is 5.73 Å². The highest BCUT2D eigenvalue weighted by atomic mass is 16.8. The van der Waals surface area contributed by atoms with Crippen LogP contribution in [0.5, 0.6) is 0 Å². The van der Waals surface area contributed by atoms with Crippen molar-refractivity contribution in [1.29, 1.82) is 0 Å². The van der Waals surface area contributed by atoms with Crippen LogP contribution in [-0.4, -0.2) is 270 Å². The fraction of sp³-hybridized carbons (Fsp3) is 0.941. The lowest BCUT2D eigenvalue weighted by Gasteiger charge is -2.50. The molecule has 28 heteroatoms. The van der Waals surface area contributed by atoms with Crippen molar-refractivity contribution < 1.29 is 124 Å². The Hall–Kier alpha value is -2.02. The third kappa shape index (κ3) is 10.8. The van der Waals surface area contributed by atoms with Crippen molar-refractivity contribution in [3.8, 4) is 0 Å². The smallest absolute Gasteiger partial charge is 0.217 e. The van der Waals surface area contributed by atoms with Crippen LogP contribution in [0.1, 0.15) is 13.8 Å². The van der Waals surface area contributed by atoms with Crippen molar-refractivity contribution in [2.45, 2.75) is 167 Å². The van der Waals surface area contributed by atoms with Gasteiger partial charge in [-0.05, 0) is 0 Å². The van der Waals surface area contributed by atoms with Gasteiger partial charge in [0.25, 0.3) is 0 Å². The summed E-state index contributed by atoms with van der Waals surface area (Å²) in [7, 11) is 0. The van der Waals surface area contributed by atoms with E-state index in [9.17, 15) is 81.1 Å². The van der Waals surface area contributed by atoms with E-state index in [0.717, 1.165) is 13.8 Å². The summed E-state index contributed by atoms with van der Waals surface area (Å²) in [6.45, 7) is -2.34. The van der Waals surface area contributed by atoms with Gasteiger partial charge in [-0.3, -0.25) is 9.59 Å². The molecule has 0 radical (unpaired) electrons. The minimum absolute atomic E-state index is 0.607. The minimum atomic E-state index is -2.17. The van der Waals surface area contributed by atoms with Gasteiger partial charge in [0.1, 0.15) is 122 Å². The van der Waals surface area contributed by atoms with Crippen molar-refractivity contribution in [3.63, 3.8) is 0 Å². The minimum Gasteiger partial charge on any atom is -0.394 e. The summed E-state index contributed by atoms with van der Waals surface area (Å²) in [6, 6.07) is -2.91. The Morgan fingerprint density at radius 1 is 0.419 bits per heavy atom. The second-order valence-corrected chi connectivity index (χ2v) is 15.5. The zero-order valence-corrected chi connectivity index (χ0v) is 33.3. The molecule has 5 rings (SSSR count). The molecule has 28 nitrogen and oxygen atoms in total. The topological polar surface area (TPSA) is 451 Å². The molecular weight excluding hydrogens is 850 g/mol. The summed E-state index contributed by atoms with van der Waals surface area (Å²) in [5.41, 5.74) is 5.94. The number of amides is 2. The Morgan fingerprint density at radius 2 is 0.806 bits per heavy atom. The number of aliphatic hydroxyl groups excluding tert-OH is 14. The molecule has 5 saturated heterocycles. The van der Waals surface area contributed by atoms with Crippen molar-refractivity contribution in [2.75, 3.05) is 33.0 Å². The van der Waals surface area contributed by atoms with Crippen LogP contribution in [0.3, 0.4) is 0 Å². The van der Waals surface area contributed by atoms with Crippen LogP contribution in [0.25, 0.3) is 0 Å². The zero-order chi connectivity index (χ0) is 45.9. The highest BCUT2D eigenvalue weighted by Crippen LogP contribution is 2.36. The Morgan fingerprint density at radius 3 is 1.34 bits per heavy atom. The number of carbonyl (C=O) groups excluding carboxylic acids is 2. The Bertz CT molecular complexity index is 1440. The maximum atomic E-state index is 12.4. The maximum Gasteiger partial charge on any atom is 0.217 e. The molecule has 0 bridgehead atoms. The number of rotatable bonds is 15. The van der Waals surface area contributed by atoms with Crippen LogP contribution in [0, 0.1) is 0 Å². The first kappa shape index (κ1) is 51.0. The van der Waals surface area contributed by atoms with Gasteiger partial charge in [0.15, 0.2) is 25.2 Å². The molecule has 25 atom stereocenters. The summed E-state index contributed by atoms with van der Waals surface area (Å²) in [5.74, 6) is -1.37. The first-order valence-electron chi connectivity index (χ1n) is 19.7. The number of nitrogens with two attached hydrogens (primary N) is 1. The first-order valence-corrected chi connectivity index (χ1v) is 19.7. The van der Waals surface area contributed by atoms with E-state index in [-0.39, 0.29) is 0 Å². The number of ether oxygens (including phenoxy) is 9. The van der Waals surface area contributed by atoms with Gasteiger partial charge < -0.3 is 130 Å². The van der Waals surface area contributed by atoms with Gasteiger partial charge in [0, 0.05) is 13.8 Å². The van der Waals surface area contributed by atoms with E-state index >= 15 is 0 Å². The Balaban J connectivity index is 1.38. The van der Waals surface area contributed by atoms with E-state index < -0.39 is 198 Å². The van der Waals surface area contributed by atoms with E-state index in [1.165, 1.54) is 0 Å². The predicted molar refractivity (Wildman–Crippen MR) is 192 cm³/mol. The third-order valence-corrected chi connectivity index (χ3v) is 11.2. The molecule has 5 fully saturated rings. The van der Waals surface area contributed by atoms with Crippen molar-refractivity contribution in [3.05, 3.63) is 0 Å². The summed E-state index contributed by atoms with van der Waals surface area (Å²) >= 11 is 0. The van der Waals surface area contributed by atoms with Gasteiger partial charge in [-0.2, -0.15) is 0 Å². The van der Waals surface area contributed by atoms with E-state index in [0.29, 0.717) is 0 Å². The monoisotopic (exact) mass is 909 g/mol. The van der Waals surface area contributed by atoms with Gasteiger partial charge >= 0.3 is 0 Å². The van der Waals surface area contributed by atoms with E-state index in [4.69, 9.17) is 48.4 Å². The quantitative estimate of drug-likeness (QED) is 0.0725. The van der Waals surface area contributed by atoms with E-state index in [1.54, 1.807) is 0 Å². The highest BCUT2D eigenvalue weighted by molar-refractivity contribution is 5.73. The van der Waals surface area contributed by atoms with Gasteiger partial charge in [-0.15, -0.1) is 0 Å². The molecule has 0 unspecified atom stereocenters. The van der Waals surface area contributed by atoms with E-state index in [1.807, 2.05) is 0 Å². The lowest BCUT2D eigenvalue weighted by Crippen LogP contribution is -2.71. The molecule has 0 aliphatic carbocycles. The third-order valence-electron chi connectivity index (χ3n) is 11.2. The molecule has 5 aliphatic heterocycles. The fourth-order valence-electron chi connectivity index (χ4n) is 7.88. The molecule has 18 N–H and O–H groups in total. The van der Waals surface area contributed by atoms with Crippen LogP contribution in [0.15, 0.2) is 0 Å². The Kier molecular flexibility index (Phi) is 18.1. The lowest BCUT2D eigenvalue weighted by atomic mass is 9.93. The molecule has 5 heterocycles. The van der Waals surface area contributed by atoms with Gasteiger partial charge in [-0.25, -0.2) is 0 Å². The normalized spacial score (nSPS) is 49.0. The number of hydrogen-bond acceptors (Lipinski definition) is 26. The Labute approximate surface area is 352 Å². The molecular formula is C34H59N3O25. The highest BCUT2D eigenvalue weighted by Gasteiger charge is 2.57. The van der Waals surface area contributed by atoms with E-state index in [2.05, 4.69) is 10.6 Å². The molecule has 2 amide bonds. The van der Waals surface area contributed by atoms with Crippen LogP contribution in [-0.2, 0) is 52.2 Å². The average molecular weight is 910 g/mol. The number of aliphatic hydroxyl groups is 14. The van der Waals surface area contributed by atoms with Crippen LogP contribution >= 0.6 is 0 Å². The number of hydrogen-bond donors (Lipinski definition) is 17. The molecule has 5 aliphatic rings. The van der Waals surface area contributed by atoms with Gasteiger partial charge in [-0.1, -0.05) is 0 Å². The largest absolute Gasteiger partial charge is 0.394 e. The number of carbonyl (C=O) groups is 2. The first-order chi connectivity index (χ1) is 29.3. The summed E-state index contributed by atoms with van der Waals surface area (Å²) in [5, 5.41) is 153. The molecule has 0 aromatic heterocycles. The van der Waals surface area contributed by atoms with Gasteiger partial charge in [0.05, 0.1) is 39.1 Å². The van der Waals surface area contributed by atoms with Gasteiger partial charge in [0.2, 0.25) is 11.8 Å². The SMILES string of the molecule is CC(=O)N[C@@H]1[C@@H](O)[C@H](O[C@@H]2O[C@H](CO)[C@@H](O[C@@H]3O[C@H](CO)[C@@H](O)[C@H](O[C@H]4O[C@H](CO)[C@@H](O)[C@H](O)[C@@H]4O[C@H]4O[C@H](CO)[C@@H](O)[C@H](O)[C@@H]4O)[C@@H]3O)[C@H](O)[C@H]2NC(C)=O)[C@@H](CO)O[C@H]1N. The maximum absolute atomic E-state index is 12.4. The van der Waals surface area contributed by atoms with Crippen LogP contribution < -0.4 is 16.4 Å². The fourth-order valence-corrected chi connectivity index (χ4v) is 7.88. The zero-order valence-electron chi connectivity index (χ0n) is 33.3. The molecule has 0 saturated carbocycles. The summed E-state index contributed by atoms with van der Waals surface area (Å²) < 4.78 is 51.3. The van der Waals surface area contributed by atoms with Crippen LogP contribution in [0.4, 0.5) is 0 Å². The average Bonchev–Trinajstić information content (AvgIpc) is 3.23. The molecule has 0 aromatic carbocycles. The predicted octanol–water partition coefficient (Wildman–Crippen LogP) is -11.7.